The minimum Gasteiger partial charge on any atom is -0.481 e. The van der Waals surface area contributed by atoms with Crippen LogP contribution in [0.3, 0.4) is 0 Å². The zero-order valence-electron chi connectivity index (χ0n) is 7.40. The molecule has 0 spiro atoms. The largest absolute Gasteiger partial charge is 0.481 e. The third-order valence-electron chi connectivity index (χ3n) is 1.85. The highest BCUT2D eigenvalue weighted by atomic mass is 19.1. The van der Waals surface area contributed by atoms with E-state index in [-0.39, 0.29) is 12.1 Å². The van der Waals surface area contributed by atoms with Crippen molar-refractivity contribution in [2.24, 2.45) is 5.73 Å². The van der Waals surface area contributed by atoms with Gasteiger partial charge in [-0.25, -0.2) is 4.39 Å². The van der Waals surface area contributed by atoms with Gasteiger partial charge in [0.2, 0.25) is 0 Å². The standard InChI is InChI=1S/C9H11FN2O2/c10-6-3-5(1-2-7(6)11)8(12)4-9(13)14/h1-3,8H,4,11-12H2,(H,13,14)/t8-/m0/s1. The van der Waals surface area contributed by atoms with Crippen LogP contribution in [0.4, 0.5) is 10.1 Å². The fraction of sp³-hybridized carbons (Fsp3) is 0.222. The normalized spacial score (nSPS) is 12.4. The fourth-order valence-corrected chi connectivity index (χ4v) is 1.08. The number of carbonyl (C=O) groups is 1. The SMILES string of the molecule is Nc1ccc([C@@H](N)CC(=O)O)cc1F. The van der Waals surface area contributed by atoms with Crippen LogP contribution in [-0.2, 0) is 4.79 Å². The summed E-state index contributed by atoms with van der Waals surface area (Å²) in [6, 6.07) is 3.34. The molecule has 0 radical (unpaired) electrons. The molecule has 0 aliphatic heterocycles. The molecule has 1 rings (SSSR count). The van der Waals surface area contributed by atoms with Crippen molar-refractivity contribution in [2.75, 3.05) is 5.73 Å². The summed E-state index contributed by atoms with van der Waals surface area (Å²) in [4.78, 5) is 10.3. The molecule has 5 N–H and O–H groups in total. The molecule has 14 heavy (non-hydrogen) atoms. The smallest absolute Gasteiger partial charge is 0.305 e. The van der Waals surface area contributed by atoms with Gasteiger partial charge in [0.05, 0.1) is 12.1 Å². The van der Waals surface area contributed by atoms with E-state index in [0.717, 1.165) is 6.07 Å². The molecule has 1 aromatic rings. The van der Waals surface area contributed by atoms with Crippen LogP contribution in [-0.4, -0.2) is 11.1 Å². The maximum absolute atomic E-state index is 12.9. The van der Waals surface area contributed by atoms with Crippen molar-refractivity contribution < 1.29 is 14.3 Å². The van der Waals surface area contributed by atoms with E-state index >= 15 is 0 Å². The highest BCUT2D eigenvalue weighted by molar-refractivity contribution is 5.68. The van der Waals surface area contributed by atoms with Crippen LogP contribution < -0.4 is 11.5 Å². The van der Waals surface area contributed by atoms with E-state index in [0.29, 0.717) is 5.56 Å². The topological polar surface area (TPSA) is 89.3 Å². The van der Waals surface area contributed by atoms with Gasteiger partial charge in [0.15, 0.2) is 0 Å². The van der Waals surface area contributed by atoms with E-state index in [1.165, 1.54) is 12.1 Å². The molecular formula is C9H11FN2O2. The number of carboxylic acids is 1. The highest BCUT2D eigenvalue weighted by Crippen LogP contribution is 2.18. The van der Waals surface area contributed by atoms with Crippen LogP contribution in [0.2, 0.25) is 0 Å². The maximum atomic E-state index is 12.9. The van der Waals surface area contributed by atoms with Gasteiger partial charge in [0, 0.05) is 6.04 Å². The number of hydrogen-bond donors (Lipinski definition) is 3. The van der Waals surface area contributed by atoms with E-state index < -0.39 is 17.8 Å². The van der Waals surface area contributed by atoms with Gasteiger partial charge in [0.25, 0.3) is 0 Å². The Hall–Kier alpha value is -1.62. The van der Waals surface area contributed by atoms with Crippen molar-refractivity contribution in [3.8, 4) is 0 Å². The van der Waals surface area contributed by atoms with Crippen LogP contribution in [0, 0.1) is 5.82 Å². The zero-order valence-corrected chi connectivity index (χ0v) is 7.40. The first kappa shape index (κ1) is 10.5. The van der Waals surface area contributed by atoms with Crippen molar-refractivity contribution >= 4 is 11.7 Å². The van der Waals surface area contributed by atoms with Gasteiger partial charge in [-0.3, -0.25) is 4.79 Å². The Labute approximate surface area is 80.3 Å². The van der Waals surface area contributed by atoms with Crippen LogP contribution >= 0.6 is 0 Å². The van der Waals surface area contributed by atoms with Gasteiger partial charge in [-0.2, -0.15) is 0 Å². The lowest BCUT2D eigenvalue weighted by Gasteiger charge is -2.09. The summed E-state index contributed by atoms with van der Waals surface area (Å²) in [5.41, 5.74) is 11.2. The summed E-state index contributed by atoms with van der Waals surface area (Å²) in [7, 11) is 0. The van der Waals surface area contributed by atoms with E-state index in [4.69, 9.17) is 16.6 Å². The second-order valence-corrected chi connectivity index (χ2v) is 2.99. The van der Waals surface area contributed by atoms with Crippen molar-refractivity contribution in [2.45, 2.75) is 12.5 Å². The lowest BCUT2D eigenvalue weighted by Crippen LogP contribution is -2.15. The predicted octanol–water partition coefficient (Wildman–Crippen LogP) is 0.882. The molecule has 76 valence electrons. The number of aliphatic carboxylic acids is 1. The molecule has 4 nitrogen and oxygen atoms in total. The summed E-state index contributed by atoms with van der Waals surface area (Å²) in [5.74, 6) is -1.60. The zero-order chi connectivity index (χ0) is 10.7. The molecule has 0 fully saturated rings. The van der Waals surface area contributed by atoms with Gasteiger partial charge in [-0.05, 0) is 17.7 Å². The first-order valence-electron chi connectivity index (χ1n) is 4.03. The molecule has 0 amide bonds. The summed E-state index contributed by atoms with van der Waals surface area (Å²) >= 11 is 0. The molecule has 0 bridgehead atoms. The van der Waals surface area contributed by atoms with Gasteiger partial charge < -0.3 is 16.6 Å². The summed E-state index contributed by atoms with van der Waals surface area (Å²) < 4.78 is 12.9. The molecule has 0 saturated carbocycles. The molecule has 0 saturated heterocycles. The number of anilines is 1. The quantitative estimate of drug-likeness (QED) is 0.629. The van der Waals surface area contributed by atoms with Crippen molar-refractivity contribution in [1.29, 1.82) is 0 Å². The summed E-state index contributed by atoms with van der Waals surface area (Å²) in [5, 5.41) is 8.47. The van der Waals surface area contributed by atoms with Crippen LogP contribution in [0.1, 0.15) is 18.0 Å². The molecule has 0 unspecified atom stereocenters. The van der Waals surface area contributed by atoms with Crippen LogP contribution in [0.5, 0.6) is 0 Å². The Morgan fingerprint density at radius 1 is 1.57 bits per heavy atom. The molecule has 0 aliphatic carbocycles. The number of benzene rings is 1. The third-order valence-corrected chi connectivity index (χ3v) is 1.85. The van der Waals surface area contributed by atoms with Crippen LogP contribution in [0.25, 0.3) is 0 Å². The number of carboxylic acid groups (broad SMARTS) is 1. The first-order valence-corrected chi connectivity index (χ1v) is 4.03. The van der Waals surface area contributed by atoms with E-state index in [1.54, 1.807) is 0 Å². The van der Waals surface area contributed by atoms with Gasteiger partial charge in [-0.15, -0.1) is 0 Å². The Balaban J connectivity index is 2.85. The predicted molar refractivity (Wildman–Crippen MR) is 50.0 cm³/mol. The average molecular weight is 198 g/mol. The highest BCUT2D eigenvalue weighted by Gasteiger charge is 2.11. The maximum Gasteiger partial charge on any atom is 0.305 e. The Kier molecular flexibility index (Phi) is 3.03. The second kappa shape index (κ2) is 4.06. The summed E-state index contributed by atoms with van der Waals surface area (Å²) in [6.45, 7) is 0. The molecule has 0 heterocycles. The lowest BCUT2D eigenvalue weighted by molar-refractivity contribution is -0.137. The van der Waals surface area contributed by atoms with Gasteiger partial charge in [0.1, 0.15) is 5.82 Å². The minimum atomic E-state index is -1.02. The fourth-order valence-electron chi connectivity index (χ4n) is 1.08. The number of nitrogens with two attached hydrogens (primary N) is 2. The third kappa shape index (κ3) is 2.43. The summed E-state index contributed by atoms with van der Waals surface area (Å²) in [6.07, 6.45) is -0.233. The Morgan fingerprint density at radius 3 is 2.71 bits per heavy atom. The van der Waals surface area contributed by atoms with E-state index in [2.05, 4.69) is 0 Å². The molecule has 1 atom stereocenters. The number of nitrogen functional groups attached to an aromatic ring is 1. The number of rotatable bonds is 3. The van der Waals surface area contributed by atoms with E-state index in [1.807, 2.05) is 0 Å². The minimum absolute atomic E-state index is 0.0243. The molecule has 0 aromatic heterocycles. The Bertz CT molecular complexity index is 355. The molecule has 1 aromatic carbocycles. The molecule has 5 heteroatoms. The van der Waals surface area contributed by atoms with E-state index in [9.17, 15) is 9.18 Å². The Morgan fingerprint density at radius 2 is 2.21 bits per heavy atom. The first-order chi connectivity index (χ1) is 6.50. The number of hydrogen-bond acceptors (Lipinski definition) is 3. The number of halogens is 1. The van der Waals surface area contributed by atoms with Crippen molar-refractivity contribution in [1.82, 2.24) is 0 Å². The molecule has 0 aliphatic rings. The van der Waals surface area contributed by atoms with Gasteiger partial charge in [-0.1, -0.05) is 6.07 Å². The van der Waals surface area contributed by atoms with Gasteiger partial charge >= 0.3 is 5.97 Å². The second-order valence-electron chi connectivity index (χ2n) is 2.99. The van der Waals surface area contributed by atoms with Crippen molar-refractivity contribution in [3.63, 3.8) is 0 Å². The molecular weight excluding hydrogens is 187 g/mol. The average Bonchev–Trinajstić information content (AvgIpc) is 2.08. The lowest BCUT2D eigenvalue weighted by atomic mass is 10.0. The monoisotopic (exact) mass is 198 g/mol. The van der Waals surface area contributed by atoms with Crippen LogP contribution in [0.15, 0.2) is 18.2 Å². The van der Waals surface area contributed by atoms with Crippen molar-refractivity contribution in [3.05, 3.63) is 29.6 Å².